The summed E-state index contributed by atoms with van der Waals surface area (Å²) in [4.78, 5) is 4.70. The minimum atomic E-state index is 0. The van der Waals surface area contributed by atoms with Crippen molar-refractivity contribution < 1.29 is 0 Å². The molecule has 0 bridgehead atoms. The second kappa shape index (κ2) is 5.58. The maximum Gasteiger partial charge on any atom is 0.108 e. The van der Waals surface area contributed by atoms with E-state index in [-0.39, 0.29) is 12.4 Å². The molecule has 1 N–H and O–H groups in total. The average molecular weight is 295 g/mol. The fourth-order valence-corrected chi connectivity index (χ4v) is 2.79. The van der Waals surface area contributed by atoms with Crippen LogP contribution < -0.4 is 5.32 Å². The van der Waals surface area contributed by atoms with Gasteiger partial charge in [-0.2, -0.15) is 0 Å². The summed E-state index contributed by atoms with van der Waals surface area (Å²) in [5.41, 5.74) is 4.62. The van der Waals surface area contributed by atoms with Crippen LogP contribution in [0.4, 0.5) is 5.69 Å². The molecule has 0 amide bonds. The van der Waals surface area contributed by atoms with Gasteiger partial charge in [0.2, 0.25) is 0 Å². The van der Waals surface area contributed by atoms with E-state index in [2.05, 4.69) is 72.0 Å². The molecule has 0 atom stereocenters. The number of anilines is 1. The van der Waals surface area contributed by atoms with Crippen LogP contribution in [0.25, 0.3) is 10.8 Å². The predicted octanol–water partition coefficient (Wildman–Crippen LogP) is 4.48. The summed E-state index contributed by atoms with van der Waals surface area (Å²) in [5.74, 6) is 0. The summed E-state index contributed by atoms with van der Waals surface area (Å²) < 4.78 is 0. The number of para-hydroxylation sites is 1. The summed E-state index contributed by atoms with van der Waals surface area (Å²) in [5, 5.41) is 5.83. The van der Waals surface area contributed by atoms with Crippen molar-refractivity contribution in [2.45, 2.75) is 0 Å². The molecule has 0 aromatic heterocycles. The Labute approximate surface area is 129 Å². The van der Waals surface area contributed by atoms with Crippen LogP contribution >= 0.6 is 12.4 Å². The molecule has 4 rings (SSSR count). The molecular weight excluding hydrogens is 280 g/mol. The van der Waals surface area contributed by atoms with Crippen molar-refractivity contribution in [2.75, 3.05) is 12.0 Å². The number of benzene rings is 3. The largest absolute Gasteiger partial charge is 0.366 e. The van der Waals surface area contributed by atoms with Crippen LogP contribution in [0.2, 0.25) is 0 Å². The number of rotatable bonds is 1. The molecule has 2 nitrogen and oxygen atoms in total. The third-order valence-electron chi connectivity index (χ3n) is 3.73. The lowest BCUT2D eigenvalue weighted by Crippen LogP contribution is -2.16. The van der Waals surface area contributed by atoms with Gasteiger partial charge in [-0.05, 0) is 16.8 Å². The Kier molecular flexibility index (Phi) is 3.63. The first-order valence-electron chi connectivity index (χ1n) is 6.79. The van der Waals surface area contributed by atoms with Crippen molar-refractivity contribution in [3.63, 3.8) is 0 Å². The first kappa shape index (κ1) is 13.7. The van der Waals surface area contributed by atoms with Crippen LogP contribution in [0.15, 0.2) is 71.7 Å². The zero-order valence-electron chi connectivity index (χ0n) is 11.4. The number of halogens is 1. The second-order valence-electron chi connectivity index (χ2n) is 4.91. The van der Waals surface area contributed by atoms with Gasteiger partial charge in [0, 0.05) is 16.8 Å². The molecule has 3 heteroatoms. The quantitative estimate of drug-likeness (QED) is 0.703. The van der Waals surface area contributed by atoms with Crippen molar-refractivity contribution >= 4 is 34.6 Å². The minimum absolute atomic E-state index is 0. The van der Waals surface area contributed by atoms with E-state index in [1.54, 1.807) is 0 Å². The molecule has 0 saturated heterocycles. The molecule has 0 unspecified atom stereocenters. The Morgan fingerprint density at radius 1 is 0.762 bits per heavy atom. The standard InChI is InChI=1S/C18H14N2.ClH/c1-2-8-14-13(6-1)7-5-10-15(14)18-16-9-3-4-11-17(16)19-12-20-18;/h1-11,19H,12H2;1H. The lowest BCUT2D eigenvalue weighted by atomic mass is 9.95. The highest BCUT2D eigenvalue weighted by Gasteiger charge is 2.16. The van der Waals surface area contributed by atoms with E-state index in [9.17, 15) is 0 Å². The summed E-state index contributed by atoms with van der Waals surface area (Å²) in [6.45, 7) is 0.634. The maximum atomic E-state index is 4.70. The first-order chi connectivity index (χ1) is 9.93. The van der Waals surface area contributed by atoms with Gasteiger partial charge in [0.15, 0.2) is 0 Å². The summed E-state index contributed by atoms with van der Waals surface area (Å²) in [6, 6.07) is 23.2. The van der Waals surface area contributed by atoms with Crippen molar-refractivity contribution in [1.29, 1.82) is 0 Å². The van der Waals surface area contributed by atoms with E-state index in [4.69, 9.17) is 4.99 Å². The van der Waals surface area contributed by atoms with Crippen LogP contribution in [0.3, 0.4) is 0 Å². The monoisotopic (exact) mass is 294 g/mol. The predicted molar refractivity (Wildman–Crippen MR) is 91.8 cm³/mol. The van der Waals surface area contributed by atoms with E-state index >= 15 is 0 Å². The molecule has 0 aliphatic carbocycles. The number of fused-ring (bicyclic) bond motifs is 2. The number of aliphatic imine (C=N–C) groups is 1. The van der Waals surface area contributed by atoms with Crippen molar-refractivity contribution in [2.24, 2.45) is 4.99 Å². The summed E-state index contributed by atoms with van der Waals surface area (Å²) in [7, 11) is 0. The third kappa shape index (κ3) is 2.28. The van der Waals surface area contributed by atoms with Crippen LogP contribution in [0, 0.1) is 0 Å². The van der Waals surface area contributed by atoms with Crippen molar-refractivity contribution in [3.05, 3.63) is 77.9 Å². The fraction of sp³-hybridized carbons (Fsp3) is 0.0556. The summed E-state index contributed by atoms with van der Waals surface area (Å²) >= 11 is 0. The van der Waals surface area contributed by atoms with E-state index in [0.717, 1.165) is 11.4 Å². The third-order valence-corrected chi connectivity index (χ3v) is 3.73. The molecule has 1 aliphatic rings. The van der Waals surface area contributed by atoms with Gasteiger partial charge < -0.3 is 5.32 Å². The molecule has 0 radical (unpaired) electrons. The molecule has 3 aromatic rings. The van der Waals surface area contributed by atoms with Crippen LogP contribution in [0.5, 0.6) is 0 Å². The van der Waals surface area contributed by atoms with Gasteiger partial charge in [0.1, 0.15) is 6.67 Å². The van der Waals surface area contributed by atoms with Crippen LogP contribution in [-0.2, 0) is 0 Å². The first-order valence-corrected chi connectivity index (χ1v) is 6.79. The van der Waals surface area contributed by atoms with Gasteiger partial charge in [0.05, 0.1) is 5.71 Å². The average Bonchev–Trinajstić information content (AvgIpc) is 2.54. The number of nitrogens with one attached hydrogen (secondary N) is 1. The van der Waals surface area contributed by atoms with Gasteiger partial charge >= 0.3 is 0 Å². The van der Waals surface area contributed by atoms with Crippen molar-refractivity contribution in [1.82, 2.24) is 0 Å². The number of hydrogen-bond donors (Lipinski definition) is 1. The Morgan fingerprint density at radius 3 is 2.43 bits per heavy atom. The number of hydrogen-bond acceptors (Lipinski definition) is 2. The van der Waals surface area contributed by atoms with Gasteiger partial charge in [0.25, 0.3) is 0 Å². The Balaban J connectivity index is 0.00000132. The highest BCUT2D eigenvalue weighted by atomic mass is 35.5. The Hall–Kier alpha value is -2.32. The molecular formula is C18H15ClN2. The smallest absolute Gasteiger partial charge is 0.108 e. The molecule has 3 aromatic carbocycles. The van der Waals surface area contributed by atoms with Crippen LogP contribution in [-0.4, -0.2) is 12.4 Å². The van der Waals surface area contributed by atoms with E-state index in [1.807, 2.05) is 0 Å². The normalized spacial score (nSPS) is 12.9. The SMILES string of the molecule is Cl.c1ccc2c(c1)NCN=C2c1cccc2ccccc12. The van der Waals surface area contributed by atoms with Gasteiger partial charge in [-0.1, -0.05) is 60.7 Å². The Morgan fingerprint density at radius 2 is 1.48 bits per heavy atom. The molecule has 0 spiro atoms. The second-order valence-corrected chi connectivity index (χ2v) is 4.91. The molecule has 1 aliphatic heterocycles. The van der Waals surface area contributed by atoms with Gasteiger partial charge in [-0.15, -0.1) is 12.4 Å². The highest BCUT2D eigenvalue weighted by molar-refractivity contribution is 6.22. The van der Waals surface area contributed by atoms with E-state index in [1.165, 1.54) is 21.9 Å². The zero-order chi connectivity index (χ0) is 13.4. The molecule has 21 heavy (non-hydrogen) atoms. The molecule has 1 heterocycles. The molecule has 0 fully saturated rings. The number of nitrogens with zero attached hydrogens (tertiary/aromatic N) is 1. The minimum Gasteiger partial charge on any atom is -0.366 e. The Bertz CT molecular complexity index is 819. The van der Waals surface area contributed by atoms with Gasteiger partial charge in [-0.25, -0.2) is 0 Å². The molecule has 104 valence electrons. The summed E-state index contributed by atoms with van der Waals surface area (Å²) in [6.07, 6.45) is 0. The van der Waals surface area contributed by atoms with Gasteiger partial charge in [-0.3, -0.25) is 4.99 Å². The zero-order valence-corrected chi connectivity index (χ0v) is 12.2. The fourth-order valence-electron chi connectivity index (χ4n) is 2.79. The lowest BCUT2D eigenvalue weighted by Gasteiger charge is -2.19. The van der Waals surface area contributed by atoms with Crippen molar-refractivity contribution in [3.8, 4) is 0 Å². The topological polar surface area (TPSA) is 24.4 Å². The maximum absolute atomic E-state index is 4.70. The van der Waals surface area contributed by atoms with Crippen LogP contribution in [0.1, 0.15) is 11.1 Å². The lowest BCUT2D eigenvalue weighted by molar-refractivity contribution is 1.11. The van der Waals surface area contributed by atoms with E-state index < -0.39 is 0 Å². The molecule has 0 saturated carbocycles. The van der Waals surface area contributed by atoms with E-state index in [0.29, 0.717) is 6.67 Å². The highest BCUT2D eigenvalue weighted by Crippen LogP contribution is 2.27.